The van der Waals surface area contributed by atoms with Gasteiger partial charge in [0.2, 0.25) is 5.89 Å². The highest BCUT2D eigenvalue weighted by molar-refractivity contribution is 5.14. The van der Waals surface area contributed by atoms with Crippen LogP contribution in [0, 0.1) is 5.41 Å². The summed E-state index contributed by atoms with van der Waals surface area (Å²) < 4.78 is 10.4. The van der Waals surface area contributed by atoms with Gasteiger partial charge in [0.25, 0.3) is 0 Å². The molecular weight excluding hydrogens is 218 g/mol. The van der Waals surface area contributed by atoms with Gasteiger partial charge in [-0.3, -0.25) is 0 Å². The summed E-state index contributed by atoms with van der Waals surface area (Å²) in [5.74, 6) is 2.02. The summed E-state index contributed by atoms with van der Waals surface area (Å²) in [6, 6.07) is 0.223. The van der Waals surface area contributed by atoms with Gasteiger partial charge in [0, 0.05) is 25.5 Å². The van der Waals surface area contributed by atoms with E-state index in [1.54, 1.807) is 7.11 Å². The number of methoxy groups -OCH3 is 1. The van der Waals surface area contributed by atoms with E-state index in [2.05, 4.69) is 29.3 Å². The second-order valence-electron chi connectivity index (χ2n) is 5.44. The van der Waals surface area contributed by atoms with Crippen LogP contribution in [0.3, 0.4) is 0 Å². The van der Waals surface area contributed by atoms with Crippen LogP contribution in [0.5, 0.6) is 0 Å². The number of nitrogens with one attached hydrogen (secondary N) is 1. The number of ether oxygens (including phenoxy) is 1. The lowest BCUT2D eigenvalue weighted by atomic mass is 10.1. The predicted molar refractivity (Wildman–Crippen MR) is 63.9 cm³/mol. The molecule has 2 unspecified atom stereocenters. The van der Waals surface area contributed by atoms with Crippen LogP contribution < -0.4 is 5.32 Å². The molecule has 0 bridgehead atoms. The van der Waals surface area contributed by atoms with Crippen LogP contribution in [0.15, 0.2) is 4.52 Å². The summed E-state index contributed by atoms with van der Waals surface area (Å²) in [6.45, 7) is 5.10. The Morgan fingerprint density at radius 3 is 2.82 bits per heavy atom. The maximum Gasteiger partial charge on any atom is 0.228 e. The van der Waals surface area contributed by atoms with Crippen molar-refractivity contribution in [3.8, 4) is 0 Å². The van der Waals surface area contributed by atoms with Crippen molar-refractivity contribution in [2.45, 2.75) is 38.6 Å². The van der Waals surface area contributed by atoms with Gasteiger partial charge in [0.05, 0.1) is 6.61 Å². The summed E-state index contributed by atoms with van der Waals surface area (Å²) >= 11 is 0. The van der Waals surface area contributed by atoms with Gasteiger partial charge in [0.1, 0.15) is 0 Å². The molecule has 17 heavy (non-hydrogen) atoms. The van der Waals surface area contributed by atoms with Crippen molar-refractivity contribution in [1.29, 1.82) is 0 Å². The average Bonchev–Trinajstić information content (AvgIpc) is 2.74. The standard InChI is InChI=1S/C12H21N3O2/c1-12(2)6-9(12)11-14-10(17-15-11)5-8(13-3)7-16-4/h8-9,13H,5-7H2,1-4H3. The van der Waals surface area contributed by atoms with Gasteiger partial charge in [-0.25, -0.2) is 0 Å². The third-order valence-electron chi connectivity index (χ3n) is 3.51. The van der Waals surface area contributed by atoms with E-state index in [0.29, 0.717) is 30.3 Å². The zero-order valence-corrected chi connectivity index (χ0v) is 11.0. The quantitative estimate of drug-likeness (QED) is 0.812. The predicted octanol–water partition coefficient (Wildman–Crippen LogP) is 1.36. The van der Waals surface area contributed by atoms with E-state index in [4.69, 9.17) is 9.26 Å². The molecular formula is C12H21N3O2. The van der Waals surface area contributed by atoms with Gasteiger partial charge in [-0.05, 0) is 18.9 Å². The molecule has 1 aromatic rings. The Morgan fingerprint density at radius 1 is 1.59 bits per heavy atom. The second-order valence-corrected chi connectivity index (χ2v) is 5.44. The van der Waals surface area contributed by atoms with Crippen molar-refractivity contribution >= 4 is 0 Å². The van der Waals surface area contributed by atoms with E-state index in [1.165, 1.54) is 0 Å². The minimum atomic E-state index is 0.223. The molecule has 1 fully saturated rings. The third kappa shape index (κ3) is 2.84. The number of nitrogens with zero attached hydrogens (tertiary/aromatic N) is 2. The number of hydrogen-bond donors (Lipinski definition) is 1. The first-order chi connectivity index (χ1) is 8.06. The Balaban J connectivity index is 1.94. The topological polar surface area (TPSA) is 60.2 Å². The monoisotopic (exact) mass is 239 g/mol. The highest BCUT2D eigenvalue weighted by atomic mass is 16.5. The van der Waals surface area contributed by atoms with Gasteiger partial charge in [-0.1, -0.05) is 19.0 Å². The molecule has 2 atom stereocenters. The highest BCUT2D eigenvalue weighted by Gasteiger charge is 2.49. The molecule has 0 aromatic carbocycles. The molecule has 0 spiro atoms. The van der Waals surface area contributed by atoms with Gasteiger partial charge < -0.3 is 14.6 Å². The lowest BCUT2D eigenvalue weighted by Crippen LogP contribution is -2.32. The first-order valence-corrected chi connectivity index (χ1v) is 6.05. The molecule has 1 aromatic heterocycles. The van der Waals surface area contributed by atoms with Gasteiger partial charge in [-0.2, -0.15) is 4.98 Å². The molecule has 1 N–H and O–H groups in total. The Bertz CT molecular complexity index is 376. The fourth-order valence-electron chi connectivity index (χ4n) is 2.06. The van der Waals surface area contributed by atoms with Crippen LogP contribution in [0.25, 0.3) is 0 Å². The van der Waals surface area contributed by atoms with Crippen LogP contribution >= 0.6 is 0 Å². The fourth-order valence-corrected chi connectivity index (χ4v) is 2.06. The first-order valence-electron chi connectivity index (χ1n) is 6.05. The van der Waals surface area contributed by atoms with Crippen LogP contribution in [-0.4, -0.2) is 36.9 Å². The second kappa shape index (κ2) is 4.74. The van der Waals surface area contributed by atoms with E-state index in [-0.39, 0.29) is 6.04 Å². The first kappa shape index (κ1) is 12.5. The van der Waals surface area contributed by atoms with Crippen molar-refractivity contribution in [2.75, 3.05) is 20.8 Å². The number of rotatable bonds is 6. The van der Waals surface area contributed by atoms with E-state index in [9.17, 15) is 0 Å². The molecule has 0 amide bonds. The molecule has 0 saturated heterocycles. The SMILES string of the molecule is CNC(COC)Cc1nc(C2CC2(C)C)no1. The highest BCUT2D eigenvalue weighted by Crippen LogP contribution is 2.57. The van der Waals surface area contributed by atoms with Crippen molar-refractivity contribution in [2.24, 2.45) is 5.41 Å². The van der Waals surface area contributed by atoms with Crippen molar-refractivity contribution in [3.05, 3.63) is 11.7 Å². The Hall–Kier alpha value is -0.940. The van der Waals surface area contributed by atoms with Crippen molar-refractivity contribution in [1.82, 2.24) is 15.5 Å². The van der Waals surface area contributed by atoms with E-state index in [1.807, 2.05) is 7.05 Å². The molecule has 96 valence electrons. The van der Waals surface area contributed by atoms with Crippen LogP contribution in [-0.2, 0) is 11.2 Å². The third-order valence-corrected chi connectivity index (χ3v) is 3.51. The zero-order valence-electron chi connectivity index (χ0n) is 11.0. The Morgan fingerprint density at radius 2 is 2.29 bits per heavy atom. The van der Waals surface area contributed by atoms with E-state index < -0.39 is 0 Å². The number of likely N-dealkylation sites (N-methyl/N-ethyl adjacent to an activating group) is 1. The van der Waals surface area contributed by atoms with Gasteiger partial charge in [-0.15, -0.1) is 0 Å². The molecule has 1 aliphatic rings. The van der Waals surface area contributed by atoms with Crippen molar-refractivity contribution < 1.29 is 9.26 Å². The molecule has 1 heterocycles. The molecule has 0 radical (unpaired) electrons. The molecule has 1 aliphatic carbocycles. The molecule has 5 heteroatoms. The maximum absolute atomic E-state index is 5.28. The summed E-state index contributed by atoms with van der Waals surface area (Å²) in [7, 11) is 3.60. The molecule has 1 saturated carbocycles. The Kier molecular flexibility index (Phi) is 3.49. The lowest BCUT2D eigenvalue weighted by Gasteiger charge is -2.11. The number of hydrogen-bond acceptors (Lipinski definition) is 5. The smallest absolute Gasteiger partial charge is 0.228 e. The van der Waals surface area contributed by atoms with Crippen LogP contribution in [0.1, 0.15) is 37.9 Å². The average molecular weight is 239 g/mol. The van der Waals surface area contributed by atoms with Crippen LogP contribution in [0.4, 0.5) is 0 Å². The summed E-state index contributed by atoms with van der Waals surface area (Å²) in [5.41, 5.74) is 0.343. The normalized spacial score (nSPS) is 23.6. The summed E-state index contributed by atoms with van der Waals surface area (Å²) in [6.07, 6.45) is 1.87. The number of aromatic nitrogens is 2. The summed E-state index contributed by atoms with van der Waals surface area (Å²) in [4.78, 5) is 4.46. The molecule has 2 rings (SSSR count). The minimum Gasteiger partial charge on any atom is -0.383 e. The van der Waals surface area contributed by atoms with Crippen molar-refractivity contribution in [3.63, 3.8) is 0 Å². The van der Waals surface area contributed by atoms with E-state index >= 15 is 0 Å². The maximum atomic E-state index is 5.28. The van der Waals surface area contributed by atoms with Gasteiger partial charge in [0.15, 0.2) is 5.82 Å². The lowest BCUT2D eigenvalue weighted by molar-refractivity contribution is 0.165. The van der Waals surface area contributed by atoms with Gasteiger partial charge >= 0.3 is 0 Å². The minimum absolute atomic E-state index is 0.223. The van der Waals surface area contributed by atoms with Crippen LogP contribution in [0.2, 0.25) is 0 Å². The zero-order chi connectivity index (χ0) is 12.5. The Labute approximate surface area is 102 Å². The molecule has 5 nitrogen and oxygen atoms in total. The fraction of sp³-hybridized carbons (Fsp3) is 0.833. The summed E-state index contributed by atoms with van der Waals surface area (Å²) in [5, 5.41) is 7.24. The van der Waals surface area contributed by atoms with E-state index in [0.717, 1.165) is 12.2 Å². The largest absolute Gasteiger partial charge is 0.383 e. The molecule has 0 aliphatic heterocycles.